The molecule has 0 aromatic carbocycles. The molecule has 148 valence electrons. The molecule has 14 aliphatic rings. The summed E-state index contributed by atoms with van der Waals surface area (Å²) < 4.78 is 0. The number of hydrogen-bond donors (Lipinski definition) is 0. The molecule has 14 aliphatic carbocycles. The predicted molar refractivity (Wildman–Crippen MR) is 109 cm³/mol. The summed E-state index contributed by atoms with van der Waals surface area (Å²) in [6.07, 6.45) is 16.6. The Labute approximate surface area is 170 Å². The summed E-state index contributed by atoms with van der Waals surface area (Å²) >= 11 is 0. The molecular formula is C28H36. The van der Waals surface area contributed by atoms with Crippen molar-refractivity contribution in [2.24, 2.45) is 94.7 Å². The Kier molecular flexibility index (Phi) is 2.29. The van der Waals surface area contributed by atoms with Crippen molar-refractivity contribution in [1.29, 1.82) is 0 Å². The molecule has 0 saturated heterocycles. The molecule has 0 nitrogen and oxygen atoms in total. The molecule has 0 spiro atoms. The van der Waals surface area contributed by atoms with Crippen LogP contribution < -0.4 is 0 Å². The van der Waals surface area contributed by atoms with Gasteiger partial charge in [-0.25, -0.2) is 0 Å². The van der Waals surface area contributed by atoms with Crippen LogP contribution in [0.25, 0.3) is 0 Å². The van der Waals surface area contributed by atoms with Crippen LogP contribution in [0.4, 0.5) is 0 Å². The van der Waals surface area contributed by atoms with Crippen LogP contribution in [0.15, 0.2) is 11.1 Å². The van der Waals surface area contributed by atoms with Crippen LogP contribution in [0.1, 0.15) is 64.2 Å². The van der Waals surface area contributed by atoms with E-state index >= 15 is 0 Å². The third kappa shape index (κ3) is 1.36. The van der Waals surface area contributed by atoms with Crippen LogP contribution in [0.3, 0.4) is 0 Å². The minimum Gasteiger partial charge on any atom is -0.0636 e. The maximum atomic E-state index is 2.24. The van der Waals surface area contributed by atoms with Crippen molar-refractivity contribution in [2.45, 2.75) is 64.2 Å². The smallest absolute Gasteiger partial charge is 0.0135 e. The summed E-state index contributed by atoms with van der Waals surface area (Å²) in [7, 11) is 0. The Morgan fingerprint density at radius 3 is 0.964 bits per heavy atom. The lowest BCUT2D eigenvalue weighted by molar-refractivity contribution is -0.191. The third-order valence-corrected chi connectivity index (χ3v) is 14.0. The molecule has 16 atom stereocenters. The Hall–Kier alpha value is -0.260. The molecule has 0 aromatic heterocycles. The molecule has 8 unspecified atom stereocenters. The van der Waals surface area contributed by atoms with E-state index in [9.17, 15) is 0 Å². The van der Waals surface area contributed by atoms with Crippen LogP contribution in [0, 0.1) is 94.7 Å². The monoisotopic (exact) mass is 372 g/mol. The summed E-state index contributed by atoms with van der Waals surface area (Å²) in [4.78, 5) is 0. The fraction of sp³-hybridized carbons (Fsp3) is 0.929. The average Bonchev–Trinajstić information content (AvgIpc) is 2.73. The first-order chi connectivity index (χ1) is 13.8. The van der Waals surface area contributed by atoms with E-state index in [1.54, 1.807) is 64.2 Å². The maximum absolute atomic E-state index is 2.24. The zero-order chi connectivity index (χ0) is 17.5. The number of hydrogen-bond acceptors (Lipinski definition) is 0. The van der Waals surface area contributed by atoms with E-state index in [2.05, 4.69) is 11.1 Å². The van der Waals surface area contributed by atoms with Gasteiger partial charge < -0.3 is 0 Å². The molecule has 0 aliphatic heterocycles. The molecule has 0 radical (unpaired) electrons. The van der Waals surface area contributed by atoms with Crippen molar-refractivity contribution in [3.05, 3.63) is 11.1 Å². The molecule has 0 amide bonds. The SMILES string of the molecule is C1C2C[C@@H]3C4/C(=C5\C6C[C@@H]7C8CC9C[C@@H]7C5[C@H](C9)[C@H]8C6)C5C[C@@H]3C1[C@H](C5)[C@H]4C2. The van der Waals surface area contributed by atoms with Crippen molar-refractivity contribution in [3.8, 4) is 0 Å². The van der Waals surface area contributed by atoms with Crippen LogP contribution >= 0.6 is 0 Å². The minimum absolute atomic E-state index is 1.08. The molecule has 14 saturated carbocycles. The van der Waals surface area contributed by atoms with Crippen molar-refractivity contribution >= 4 is 0 Å². The van der Waals surface area contributed by atoms with Gasteiger partial charge in [0.1, 0.15) is 0 Å². The molecule has 28 heavy (non-hydrogen) atoms. The molecule has 0 heteroatoms. The summed E-state index contributed by atoms with van der Waals surface area (Å²) in [6.45, 7) is 0. The topological polar surface area (TPSA) is 0 Å². The first-order valence-electron chi connectivity index (χ1n) is 13.6. The Bertz CT molecular complexity index is 719. The van der Waals surface area contributed by atoms with E-state index in [4.69, 9.17) is 0 Å². The molecule has 14 rings (SSSR count). The summed E-state index contributed by atoms with van der Waals surface area (Å²) in [5.41, 5.74) is 4.47. The highest BCUT2D eigenvalue weighted by molar-refractivity contribution is 5.39. The van der Waals surface area contributed by atoms with Crippen molar-refractivity contribution < 1.29 is 0 Å². The lowest BCUT2D eigenvalue weighted by Gasteiger charge is -2.74. The first kappa shape index (κ1) is 14.7. The Morgan fingerprint density at radius 2 is 0.607 bits per heavy atom. The van der Waals surface area contributed by atoms with Gasteiger partial charge in [0, 0.05) is 0 Å². The highest BCUT2D eigenvalue weighted by atomic mass is 14.7. The molecule has 0 heterocycles. The normalized spacial score (nSPS) is 75.4. The van der Waals surface area contributed by atoms with Gasteiger partial charge in [0.25, 0.3) is 0 Å². The molecule has 16 bridgehead atoms. The van der Waals surface area contributed by atoms with Crippen molar-refractivity contribution in [1.82, 2.24) is 0 Å². The van der Waals surface area contributed by atoms with Crippen molar-refractivity contribution in [3.63, 3.8) is 0 Å². The van der Waals surface area contributed by atoms with E-state index in [0.29, 0.717) is 0 Å². The molecular weight excluding hydrogens is 336 g/mol. The van der Waals surface area contributed by atoms with Gasteiger partial charge in [-0.3, -0.25) is 0 Å². The largest absolute Gasteiger partial charge is 0.0636 e. The summed E-state index contributed by atoms with van der Waals surface area (Å²) in [5, 5.41) is 0. The fourth-order valence-corrected chi connectivity index (χ4v) is 14.2. The van der Waals surface area contributed by atoms with Gasteiger partial charge in [0.2, 0.25) is 0 Å². The highest BCUT2D eigenvalue weighted by Crippen LogP contribution is 2.77. The first-order valence-corrected chi connectivity index (χ1v) is 13.6. The van der Waals surface area contributed by atoms with Crippen LogP contribution in [-0.2, 0) is 0 Å². The van der Waals surface area contributed by atoms with E-state index < -0.39 is 0 Å². The predicted octanol–water partition coefficient (Wildman–Crippen LogP) is 6.18. The molecule has 0 aromatic rings. The second kappa shape index (κ2) is 4.36. The third-order valence-electron chi connectivity index (χ3n) is 14.0. The summed E-state index contributed by atoms with van der Waals surface area (Å²) in [6, 6.07) is 0. The second-order valence-corrected chi connectivity index (χ2v) is 14.1. The van der Waals surface area contributed by atoms with Gasteiger partial charge in [-0.05, 0) is 159 Å². The molecule has 0 N–H and O–H groups in total. The van der Waals surface area contributed by atoms with Gasteiger partial charge in [0.15, 0.2) is 0 Å². The van der Waals surface area contributed by atoms with Crippen LogP contribution in [-0.4, -0.2) is 0 Å². The van der Waals surface area contributed by atoms with E-state index in [1.165, 1.54) is 59.2 Å². The van der Waals surface area contributed by atoms with Gasteiger partial charge >= 0.3 is 0 Å². The highest BCUT2D eigenvalue weighted by Gasteiger charge is 2.69. The standard InChI is InChI=1S/C28H36/c1-11-3-21-17-7-13-8-18(15(1)17)22(4-11)27(21)25(13)26-14-9-19-16-2-12-5-23(19)28(26)24(6-12)20(16)10-14/h11-24,27-28H,1-10H2/b26-25+/t11?,12?,13?,14?,15?,16?,17-,18+,19-,20+,21+,22-,23+,24-,27?,28?. The van der Waals surface area contributed by atoms with Crippen molar-refractivity contribution in [2.75, 3.05) is 0 Å². The van der Waals surface area contributed by atoms with E-state index in [1.807, 2.05) is 0 Å². The minimum atomic E-state index is 1.08. The maximum Gasteiger partial charge on any atom is -0.0135 e. The van der Waals surface area contributed by atoms with E-state index in [-0.39, 0.29) is 0 Å². The van der Waals surface area contributed by atoms with Gasteiger partial charge in [-0.1, -0.05) is 11.1 Å². The lowest BCUT2D eigenvalue weighted by Crippen LogP contribution is -2.66. The summed E-state index contributed by atoms with van der Waals surface area (Å²) in [5.74, 6) is 18.6. The fourth-order valence-electron chi connectivity index (χ4n) is 14.2. The van der Waals surface area contributed by atoms with E-state index in [0.717, 1.165) is 35.5 Å². The zero-order valence-corrected chi connectivity index (χ0v) is 17.3. The lowest BCUT2D eigenvalue weighted by atomic mass is 9.31. The Balaban J connectivity index is 1.18. The average molecular weight is 373 g/mol. The van der Waals surface area contributed by atoms with Gasteiger partial charge in [-0.2, -0.15) is 0 Å². The van der Waals surface area contributed by atoms with Gasteiger partial charge in [0.05, 0.1) is 0 Å². The molecule has 14 fully saturated rings. The zero-order valence-electron chi connectivity index (χ0n) is 17.3. The quantitative estimate of drug-likeness (QED) is 0.445. The van der Waals surface area contributed by atoms with Crippen LogP contribution in [0.5, 0.6) is 0 Å². The number of allylic oxidation sites excluding steroid dienone is 2. The number of rotatable bonds is 0. The van der Waals surface area contributed by atoms with Crippen LogP contribution in [0.2, 0.25) is 0 Å². The second-order valence-electron chi connectivity index (χ2n) is 14.1. The van der Waals surface area contributed by atoms with Gasteiger partial charge in [-0.15, -0.1) is 0 Å². The Morgan fingerprint density at radius 1 is 0.321 bits per heavy atom.